The third-order valence-corrected chi connectivity index (χ3v) is 7.94. The fraction of sp³-hybridized carbons (Fsp3) is 0. The second-order valence-electron chi connectivity index (χ2n) is 8.86. The average Bonchev–Trinajstić information content (AvgIpc) is 3.32. The SMILES string of the molecule is c1ccc(-c2ccc3cc(-c4ccc(-c5cccc6c5sc5ccccc56)cc4)cnc3c2)cc1. The molecule has 0 atom stereocenters. The Morgan fingerprint density at radius 2 is 1.20 bits per heavy atom. The van der Waals surface area contributed by atoms with Crippen molar-refractivity contribution in [2.24, 2.45) is 0 Å². The van der Waals surface area contributed by atoms with Gasteiger partial charge in [0.1, 0.15) is 0 Å². The van der Waals surface area contributed by atoms with Crippen LogP contribution in [0.1, 0.15) is 0 Å². The van der Waals surface area contributed by atoms with Crippen LogP contribution >= 0.6 is 11.3 Å². The van der Waals surface area contributed by atoms with Crippen molar-refractivity contribution in [2.75, 3.05) is 0 Å². The predicted molar refractivity (Wildman–Crippen MR) is 151 cm³/mol. The zero-order valence-corrected chi connectivity index (χ0v) is 19.8. The Labute approximate surface area is 208 Å². The van der Waals surface area contributed by atoms with E-state index in [-0.39, 0.29) is 0 Å². The molecule has 0 aliphatic rings. The lowest BCUT2D eigenvalue weighted by Gasteiger charge is -2.08. The molecular weight excluding hydrogens is 442 g/mol. The second-order valence-corrected chi connectivity index (χ2v) is 9.91. The molecule has 0 N–H and O–H groups in total. The van der Waals surface area contributed by atoms with Crippen LogP contribution in [-0.2, 0) is 0 Å². The smallest absolute Gasteiger partial charge is 0.0708 e. The lowest BCUT2D eigenvalue weighted by molar-refractivity contribution is 1.41. The third-order valence-electron chi connectivity index (χ3n) is 6.72. The van der Waals surface area contributed by atoms with E-state index in [4.69, 9.17) is 4.98 Å². The van der Waals surface area contributed by atoms with Gasteiger partial charge in [0, 0.05) is 37.3 Å². The maximum Gasteiger partial charge on any atom is 0.0708 e. The Balaban J connectivity index is 1.25. The van der Waals surface area contributed by atoms with E-state index in [1.54, 1.807) is 0 Å². The highest BCUT2D eigenvalue weighted by Crippen LogP contribution is 2.40. The van der Waals surface area contributed by atoms with Gasteiger partial charge in [0.25, 0.3) is 0 Å². The lowest BCUT2D eigenvalue weighted by atomic mass is 9.98. The van der Waals surface area contributed by atoms with Crippen molar-refractivity contribution in [1.82, 2.24) is 4.98 Å². The third kappa shape index (κ3) is 3.51. The van der Waals surface area contributed by atoms with Crippen LogP contribution in [0.15, 0.2) is 128 Å². The number of hydrogen-bond donors (Lipinski definition) is 0. The summed E-state index contributed by atoms with van der Waals surface area (Å²) < 4.78 is 2.69. The van der Waals surface area contributed by atoms with Crippen LogP contribution in [0.4, 0.5) is 0 Å². The zero-order valence-electron chi connectivity index (χ0n) is 19.0. The van der Waals surface area contributed by atoms with Gasteiger partial charge in [0.15, 0.2) is 0 Å². The van der Waals surface area contributed by atoms with Gasteiger partial charge in [-0.05, 0) is 46.0 Å². The molecule has 0 saturated heterocycles. The number of hydrogen-bond acceptors (Lipinski definition) is 2. The van der Waals surface area contributed by atoms with Crippen molar-refractivity contribution in [1.29, 1.82) is 0 Å². The van der Waals surface area contributed by atoms with E-state index in [1.807, 2.05) is 23.6 Å². The number of fused-ring (bicyclic) bond motifs is 4. The molecular formula is C33H21NS. The molecule has 2 aromatic heterocycles. The molecule has 7 rings (SSSR count). The van der Waals surface area contributed by atoms with Gasteiger partial charge in [-0.25, -0.2) is 0 Å². The van der Waals surface area contributed by atoms with Gasteiger partial charge in [0.2, 0.25) is 0 Å². The molecule has 164 valence electrons. The van der Waals surface area contributed by atoms with Gasteiger partial charge in [-0.3, -0.25) is 4.98 Å². The van der Waals surface area contributed by atoms with Crippen molar-refractivity contribution in [3.8, 4) is 33.4 Å². The first-order valence-electron chi connectivity index (χ1n) is 11.8. The van der Waals surface area contributed by atoms with Crippen molar-refractivity contribution in [3.63, 3.8) is 0 Å². The number of aromatic nitrogens is 1. The normalized spacial score (nSPS) is 11.4. The molecule has 0 aliphatic heterocycles. The first-order valence-corrected chi connectivity index (χ1v) is 12.6. The van der Waals surface area contributed by atoms with Crippen LogP contribution in [-0.4, -0.2) is 4.98 Å². The molecule has 0 amide bonds. The first kappa shape index (κ1) is 20.1. The van der Waals surface area contributed by atoms with Crippen molar-refractivity contribution >= 4 is 42.4 Å². The fourth-order valence-corrected chi connectivity index (χ4v) is 6.14. The molecule has 0 saturated carbocycles. The molecule has 0 unspecified atom stereocenters. The lowest BCUT2D eigenvalue weighted by Crippen LogP contribution is -1.85. The first-order chi connectivity index (χ1) is 17.3. The van der Waals surface area contributed by atoms with E-state index >= 15 is 0 Å². The minimum atomic E-state index is 1.02. The highest BCUT2D eigenvalue weighted by Gasteiger charge is 2.10. The molecule has 0 spiro atoms. The molecule has 2 heterocycles. The molecule has 35 heavy (non-hydrogen) atoms. The van der Waals surface area contributed by atoms with Gasteiger partial charge >= 0.3 is 0 Å². The topological polar surface area (TPSA) is 12.9 Å². The second kappa shape index (κ2) is 8.19. The van der Waals surface area contributed by atoms with Crippen LogP contribution in [0, 0.1) is 0 Å². The van der Waals surface area contributed by atoms with Crippen LogP contribution in [0.2, 0.25) is 0 Å². The van der Waals surface area contributed by atoms with Gasteiger partial charge in [-0.1, -0.05) is 103 Å². The zero-order chi connectivity index (χ0) is 23.2. The Morgan fingerprint density at radius 1 is 0.486 bits per heavy atom. The number of nitrogens with zero attached hydrogens (tertiary/aromatic N) is 1. The molecule has 7 aromatic rings. The summed E-state index contributed by atoms with van der Waals surface area (Å²) in [7, 11) is 0. The van der Waals surface area contributed by atoms with Crippen LogP contribution in [0.3, 0.4) is 0 Å². The quantitative estimate of drug-likeness (QED) is 0.254. The van der Waals surface area contributed by atoms with E-state index < -0.39 is 0 Å². The van der Waals surface area contributed by atoms with Crippen molar-refractivity contribution in [3.05, 3.63) is 128 Å². The Kier molecular flexibility index (Phi) is 4.71. The average molecular weight is 464 g/mol. The number of rotatable bonds is 3. The summed E-state index contributed by atoms with van der Waals surface area (Å²) in [4.78, 5) is 4.79. The van der Waals surface area contributed by atoms with E-state index in [0.29, 0.717) is 0 Å². The summed E-state index contributed by atoms with van der Waals surface area (Å²) in [5.74, 6) is 0. The van der Waals surface area contributed by atoms with Gasteiger partial charge in [-0.15, -0.1) is 11.3 Å². The molecule has 0 fully saturated rings. The Morgan fingerprint density at radius 3 is 2.09 bits per heavy atom. The number of thiophene rings is 1. The number of pyridine rings is 1. The molecule has 0 bridgehead atoms. The monoisotopic (exact) mass is 463 g/mol. The van der Waals surface area contributed by atoms with E-state index in [2.05, 4.69) is 115 Å². The van der Waals surface area contributed by atoms with Gasteiger partial charge < -0.3 is 0 Å². The highest BCUT2D eigenvalue weighted by atomic mass is 32.1. The summed E-state index contributed by atoms with van der Waals surface area (Å²) in [6.07, 6.45) is 1.98. The molecule has 5 aromatic carbocycles. The summed E-state index contributed by atoms with van der Waals surface area (Å²) in [6.45, 7) is 0. The number of benzene rings is 5. The Hall–Kier alpha value is -4.27. The standard InChI is InChI=1S/C33H21NS/c1-2-7-22(8-3-1)25-17-18-26-19-27(21-34-31(26)20-25)23-13-15-24(16-14-23)28-10-6-11-30-29-9-4-5-12-32(29)35-33(28)30/h1-21H. The minimum Gasteiger partial charge on any atom is -0.256 e. The maximum atomic E-state index is 4.79. The summed E-state index contributed by atoms with van der Waals surface area (Å²) in [6, 6.07) is 43.4. The summed E-state index contributed by atoms with van der Waals surface area (Å²) in [5.41, 5.74) is 8.27. The largest absolute Gasteiger partial charge is 0.256 e. The van der Waals surface area contributed by atoms with E-state index in [9.17, 15) is 0 Å². The molecule has 0 aliphatic carbocycles. The Bertz CT molecular complexity index is 1830. The van der Waals surface area contributed by atoms with Gasteiger partial charge in [0.05, 0.1) is 5.52 Å². The maximum absolute atomic E-state index is 4.79. The van der Waals surface area contributed by atoms with Gasteiger partial charge in [-0.2, -0.15) is 0 Å². The molecule has 1 nitrogen and oxygen atoms in total. The summed E-state index contributed by atoms with van der Waals surface area (Å²) in [5, 5.41) is 3.82. The molecule has 0 radical (unpaired) electrons. The van der Waals surface area contributed by atoms with Crippen LogP contribution < -0.4 is 0 Å². The van der Waals surface area contributed by atoms with Crippen molar-refractivity contribution < 1.29 is 0 Å². The van der Waals surface area contributed by atoms with Crippen LogP contribution in [0.5, 0.6) is 0 Å². The molecule has 2 heteroatoms. The minimum absolute atomic E-state index is 1.02. The fourth-order valence-electron chi connectivity index (χ4n) is 4.91. The van der Waals surface area contributed by atoms with E-state index in [0.717, 1.165) is 16.5 Å². The summed E-state index contributed by atoms with van der Waals surface area (Å²) >= 11 is 1.87. The predicted octanol–water partition coefficient (Wildman–Crippen LogP) is 9.60. The van der Waals surface area contributed by atoms with Crippen LogP contribution in [0.25, 0.3) is 64.5 Å². The highest BCUT2D eigenvalue weighted by molar-refractivity contribution is 7.26. The van der Waals surface area contributed by atoms with Crippen molar-refractivity contribution in [2.45, 2.75) is 0 Å². The van der Waals surface area contributed by atoms with E-state index in [1.165, 1.54) is 48.0 Å².